The van der Waals surface area contributed by atoms with Gasteiger partial charge >= 0.3 is 0 Å². The third kappa shape index (κ3) is 2.60. The molecule has 14 heavy (non-hydrogen) atoms. The number of halogens is 1. The molecule has 0 saturated carbocycles. The molecule has 1 N–H and O–H groups in total. The van der Waals surface area contributed by atoms with Gasteiger partial charge in [-0.15, -0.1) is 6.42 Å². The summed E-state index contributed by atoms with van der Waals surface area (Å²) in [6, 6.07) is 4.59. The van der Waals surface area contributed by atoms with E-state index in [0.29, 0.717) is 6.54 Å². The highest BCUT2D eigenvalue weighted by molar-refractivity contribution is 14.1. The van der Waals surface area contributed by atoms with Crippen LogP contribution in [0.25, 0.3) is 0 Å². The molecule has 1 aromatic carbocycles. The first-order chi connectivity index (χ1) is 6.65. The van der Waals surface area contributed by atoms with E-state index in [0.717, 1.165) is 9.26 Å². The molecule has 0 aromatic heterocycles. The lowest BCUT2D eigenvalue weighted by atomic mass is 10.3. The molecule has 0 spiro atoms. The molecule has 72 valence electrons. The minimum absolute atomic E-state index is 0.0839. The number of nitrogens with one attached hydrogen (secondary N) is 1. The van der Waals surface area contributed by atoms with Gasteiger partial charge in [0, 0.05) is 21.4 Å². The van der Waals surface area contributed by atoms with Crippen molar-refractivity contribution in [3.63, 3.8) is 0 Å². The highest BCUT2D eigenvalue weighted by Crippen LogP contribution is 2.23. The van der Waals surface area contributed by atoms with Crippen molar-refractivity contribution in [2.24, 2.45) is 0 Å². The Hall–Kier alpha value is -1.29. The lowest BCUT2D eigenvalue weighted by Crippen LogP contribution is -2.00. The number of benzene rings is 1. The van der Waals surface area contributed by atoms with Crippen LogP contribution < -0.4 is 5.32 Å². The quantitative estimate of drug-likeness (QED) is 0.403. The molecule has 0 aliphatic heterocycles. The van der Waals surface area contributed by atoms with Crippen molar-refractivity contribution in [2.45, 2.75) is 0 Å². The number of nitro benzene ring substituents is 1. The van der Waals surface area contributed by atoms with Crippen LogP contribution in [-0.2, 0) is 0 Å². The van der Waals surface area contributed by atoms with Gasteiger partial charge in [-0.3, -0.25) is 10.1 Å². The molecular formula is C9H7IN2O2. The maximum atomic E-state index is 10.4. The third-order valence-corrected chi connectivity index (χ3v) is 2.44. The first-order valence-corrected chi connectivity index (χ1v) is 4.84. The number of non-ortho nitro benzene ring substituents is 1. The van der Waals surface area contributed by atoms with Crippen LogP contribution in [0.2, 0.25) is 0 Å². The Morgan fingerprint density at radius 2 is 2.36 bits per heavy atom. The van der Waals surface area contributed by atoms with Gasteiger partial charge in [0.05, 0.1) is 11.5 Å². The van der Waals surface area contributed by atoms with E-state index in [1.807, 2.05) is 22.6 Å². The van der Waals surface area contributed by atoms with E-state index in [9.17, 15) is 10.1 Å². The monoisotopic (exact) mass is 302 g/mol. The largest absolute Gasteiger partial charge is 0.373 e. The molecule has 0 bridgehead atoms. The van der Waals surface area contributed by atoms with Crippen molar-refractivity contribution in [1.82, 2.24) is 0 Å². The molecule has 0 aliphatic rings. The number of rotatable bonds is 3. The number of nitrogens with zero attached hydrogens (tertiary/aromatic N) is 1. The van der Waals surface area contributed by atoms with Gasteiger partial charge in [0.25, 0.3) is 5.69 Å². The van der Waals surface area contributed by atoms with Crippen molar-refractivity contribution in [3.8, 4) is 12.3 Å². The number of anilines is 1. The van der Waals surface area contributed by atoms with E-state index in [-0.39, 0.29) is 5.69 Å². The van der Waals surface area contributed by atoms with E-state index in [1.54, 1.807) is 6.07 Å². The van der Waals surface area contributed by atoms with Crippen molar-refractivity contribution >= 4 is 34.0 Å². The molecule has 4 nitrogen and oxygen atoms in total. The highest BCUT2D eigenvalue weighted by atomic mass is 127. The Morgan fingerprint density at radius 3 is 2.86 bits per heavy atom. The smallest absolute Gasteiger partial charge is 0.270 e. The average molecular weight is 302 g/mol. The summed E-state index contributed by atoms with van der Waals surface area (Å²) in [5.41, 5.74) is 0.898. The fourth-order valence-corrected chi connectivity index (χ4v) is 1.60. The molecule has 0 radical (unpaired) electrons. The summed E-state index contributed by atoms with van der Waals surface area (Å²) in [7, 11) is 0. The third-order valence-electron chi connectivity index (χ3n) is 1.54. The van der Waals surface area contributed by atoms with Crippen molar-refractivity contribution in [3.05, 3.63) is 31.9 Å². The van der Waals surface area contributed by atoms with Crippen LogP contribution >= 0.6 is 22.6 Å². The zero-order chi connectivity index (χ0) is 10.6. The summed E-state index contributed by atoms with van der Waals surface area (Å²) in [6.45, 7) is 0.411. The Kier molecular flexibility index (Phi) is 3.71. The van der Waals surface area contributed by atoms with Crippen LogP contribution in [-0.4, -0.2) is 11.5 Å². The predicted octanol–water partition coefficient (Wildman–Crippen LogP) is 2.24. The fraction of sp³-hybridized carbons (Fsp3) is 0.111. The second-order valence-corrected chi connectivity index (χ2v) is 3.64. The summed E-state index contributed by atoms with van der Waals surface area (Å²) >= 11 is 2.02. The van der Waals surface area contributed by atoms with Crippen LogP contribution in [0.5, 0.6) is 0 Å². The van der Waals surface area contributed by atoms with Gasteiger partial charge in [-0.25, -0.2) is 0 Å². The lowest BCUT2D eigenvalue weighted by molar-refractivity contribution is -0.384. The lowest BCUT2D eigenvalue weighted by Gasteiger charge is -2.04. The minimum atomic E-state index is -0.423. The molecule has 0 saturated heterocycles. The average Bonchev–Trinajstić information content (AvgIpc) is 2.15. The zero-order valence-electron chi connectivity index (χ0n) is 7.16. The SMILES string of the molecule is C#CCNc1ccc([N+](=O)[O-])cc1I. The van der Waals surface area contributed by atoms with Crippen LogP contribution in [0.3, 0.4) is 0 Å². The van der Waals surface area contributed by atoms with E-state index in [1.165, 1.54) is 12.1 Å². The molecule has 0 amide bonds. The highest BCUT2D eigenvalue weighted by Gasteiger charge is 2.07. The summed E-state index contributed by atoms with van der Waals surface area (Å²) in [5, 5.41) is 13.4. The van der Waals surface area contributed by atoms with Gasteiger partial charge in [-0.2, -0.15) is 0 Å². The Balaban J connectivity index is 2.91. The van der Waals surface area contributed by atoms with Gasteiger partial charge in [-0.1, -0.05) is 5.92 Å². The van der Waals surface area contributed by atoms with Gasteiger partial charge in [0.2, 0.25) is 0 Å². The van der Waals surface area contributed by atoms with Crippen molar-refractivity contribution in [2.75, 3.05) is 11.9 Å². The Labute approximate surface area is 95.0 Å². The summed E-state index contributed by atoms with van der Waals surface area (Å²) in [6.07, 6.45) is 5.08. The van der Waals surface area contributed by atoms with Crippen LogP contribution in [0.1, 0.15) is 0 Å². The molecule has 0 fully saturated rings. The van der Waals surface area contributed by atoms with E-state index < -0.39 is 4.92 Å². The molecule has 0 atom stereocenters. The normalized spacial score (nSPS) is 9.14. The number of hydrogen-bond acceptors (Lipinski definition) is 3. The maximum absolute atomic E-state index is 10.4. The topological polar surface area (TPSA) is 55.2 Å². The van der Waals surface area contributed by atoms with Crippen LogP contribution in [0, 0.1) is 26.0 Å². The Bertz CT molecular complexity index is 398. The van der Waals surface area contributed by atoms with Gasteiger partial charge in [0.1, 0.15) is 0 Å². The first-order valence-electron chi connectivity index (χ1n) is 3.76. The van der Waals surface area contributed by atoms with Gasteiger partial charge < -0.3 is 5.32 Å². The molecule has 0 unspecified atom stereocenters. The molecule has 1 rings (SSSR count). The van der Waals surface area contributed by atoms with Crippen molar-refractivity contribution in [1.29, 1.82) is 0 Å². The molecular weight excluding hydrogens is 295 g/mol. The molecule has 5 heteroatoms. The molecule has 0 heterocycles. The first kappa shape index (κ1) is 10.8. The second-order valence-electron chi connectivity index (χ2n) is 2.48. The van der Waals surface area contributed by atoms with E-state index in [4.69, 9.17) is 6.42 Å². The zero-order valence-corrected chi connectivity index (χ0v) is 9.32. The summed E-state index contributed by atoms with van der Waals surface area (Å²) in [4.78, 5) is 10.0. The van der Waals surface area contributed by atoms with Crippen molar-refractivity contribution < 1.29 is 4.92 Å². The summed E-state index contributed by atoms with van der Waals surface area (Å²) < 4.78 is 0.784. The second kappa shape index (κ2) is 4.81. The molecule has 1 aromatic rings. The van der Waals surface area contributed by atoms with E-state index >= 15 is 0 Å². The maximum Gasteiger partial charge on any atom is 0.270 e. The van der Waals surface area contributed by atoms with Gasteiger partial charge in [-0.05, 0) is 28.7 Å². The van der Waals surface area contributed by atoms with E-state index in [2.05, 4.69) is 11.2 Å². The number of nitro groups is 1. The predicted molar refractivity (Wildman–Crippen MR) is 63.1 cm³/mol. The Morgan fingerprint density at radius 1 is 1.64 bits per heavy atom. The number of terminal acetylenes is 1. The number of hydrogen-bond donors (Lipinski definition) is 1. The fourth-order valence-electron chi connectivity index (χ4n) is 0.907. The van der Waals surface area contributed by atoms with Crippen LogP contribution in [0.15, 0.2) is 18.2 Å². The standard InChI is InChI=1S/C9H7IN2O2/c1-2-5-11-9-4-3-7(12(13)14)6-8(9)10/h1,3-4,6,11H,5H2. The molecule has 0 aliphatic carbocycles. The van der Waals surface area contributed by atoms with Gasteiger partial charge in [0.15, 0.2) is 0 Å². The minimum Gasteiger partial charge on any atom is -0.373 e. The van der Waals surface area contributed by atoms with Crippen LogP contribution in [0.4, 0.5) is 11.4 Å². The summed E-state index contributed by atoms with van der Waals surface area (Å²) in [5.74, 6) is 2.43.